The van der Waals surface area contributed by atoms with Crippen LogP contribution >= 0.6 is 0 Å². The number of aryl methyl sites for hydroxylation is 1. The van der Waals surface area contributed by atoms with Crippen LogP contribution in [0.3, 0.4) is 0 Å². The summed E-state index contributed by atoms with van der Waals surface area (Å²) in [4.78, 5) is 16.8. The molecule has 0 aliphatic rings. The van der Waals surface area contributed by atoms with Gasteiger partial charge >= 0.3 is 0 Å². The van der Waals surface area contributed by atoms with Gasteiger partial charge in [-0.3, -0.25) is 9.89 Å². The number of para-hydroxylation sites is 2. The number of carbonyl (C=O) groups is 1. The Labute approximate surface area is 115 Å². The summed E-state index contributed by atoms with van der Waals surface area (Å²) in [5, 5.41) is 6.34. The predicted molar refractivity (Wildman–Crippen MR) is 76.4 cm³/mol. The number of hydrogen-bond acceptors (Lipinski definition) is 4. The third-order valence-electron chi connectivity index (χ3n) is 3.34. The second-order valence-electron chi connectivity index (χ2n) is 4.56. The average Bonchev–Trinajstić information content (AvgIpc) is 3.01. The van der Waals surface area contributed by atoms with Crippen molar-refractivity contribution in [2.75, 3.05) is 5.73 Å². The normalized spacial score (nSPS) is 11.1. The summed E-state index contributed by atoms with van der Waals surface area (Å²) in [6, 6.07) is 7.86. The Hall–Kier alpha value is -2.63. The van der Waals surface area contributed by atoms with E-state index in [4.69, 9.17) is 5.73 Å². The first kappa shape index (κ1) is 12.4. The molecule has 0 atom stereocenters. The maximum absolute atomic E-state index is 12.2. The highest BCUT2D eigenvalue weighted by Crippen LogP contribution is 2.18. The van der Waals surface area contributed by atoms with Crippen LogP contribution in [-0.4, -0.2) is 25.5 Å². The number of aromatic nitrogens is 4. The minimum Gasteiger partial charge on any atom is -0.383 e. The smallest absolute Gasteiger partial charge is 0.175 e. The van der Waals surface area contributed by atoms with Gasteiger partial charge in [0.1, 0.15) is 11.6 Å². The van der Waals surface area contributed by atoms with Gasteiger partial charge in [-0.25, -0.2) is 4.98 Å². The Bertz CT molecular complexity index is 771. The number of H-pyrrole nitrogens is 1. The number of carbonyl (C=O) groups excluding carboxylic acids is 1. The average molecular weight is 269 g/mol. The highest BCUT2D eigenvalue weighted by Gasteiger charge is 2.17. The molecule has 2 aromatic heterocycles. The quantitative estimate of drug-likeness (QED) is 0.706. The molecule has 3 N–H and O–H groups in total. The Morgan fingerprint density at radius 2 is 2.20 bits per heavy atom. The van der Waals surface area contributed by atoms with Gasteiger partial charge in [0.2, 0.25) is 0 Å². The number of benzene rings is 1. The number of anilines is 1. The summed E-state index contributed by atoms with van der Waals surface area (Å²) in [6.45, 7) is 2.80. The zero-order chi connectivity index (χ0) is 14.1. The van der Waals surface area contributed by atoms with Crippen LogP contribution < -0.4 is 5.73 Å². The fraction of sp³-hybridized carbons (Fsp3) is 0.214. The number of nitrogens with two attached hydrogens (primary N) is 1. The van der Waals surface area contributed by atoms with Crippen molar-refractivity contribution in [2.24, 2.45) is 0 Å². The summed E-state index contributed by atoms with van der Waals surface area (Å²) in [5.74, 6) is 0.967. The molecule has 0 saturated heterocycles. The second kappa shape index (κ2) is 4.80. The predicted octanol–water partition coefficient (Wildman–Crippen LogP) is 1.79. The lowest BCUT2D eigenvalue weighted by molar-refractivity contribution is 0.0991. The molecule has 20 heavy (non-hydrogen) atoms. The summed E-state index contributed by atoms with van der Waals surface area (Å²) in [7, 11) is 0. The molecule has 0 bridgehead atoms. The molecule has 1 aromatic carbocycles. The van der Waals surface area contributed by atoms with Crippen molar-refractivity contribution in [3.05, 3.63) is 41.9 Å². The molecule has 0 aliphatic carbocycles. The Morgan fingerprint density at radius 1 is 1.40 bits per heavy atom. The zero-order valence-electron chi connectivity index (χ0n) is 11.1. The fourth-order valence-corrected chi connectivity index (χ4v) is 2.37. The van der Waals surface area contributed by atoms with E-state index >= 15 is 0 Å². The molecule has 6 nitrogen and oxygen atoms in total. The van der Waals surface area contributed by atoms with Gasteiger partial charge in [-0.15, -0.1) is 0 Å². The number of aromatic amines is 1. The van der Waals surface area contributed by atoms with Crippen molar-refractivity contribution in [1.82, 2.24) is 19.7 Å². The van der Waals surface area contributed by atoms with Crippen molar-refractivity contribution < 1.29 is 4.79 Å². The summed E-state index contributed by atoms with van der Waals surface area (Å²) >= 11 is 0. The molecule has 0 fully saturated rings. The van der Waals surface area contributed by atoms with Crippen LogP contribution in [0.5, 0.6) is 0 Å². The van der Waals surface area contributed by atoms with E-state index in [0.717, 1.165) is 23.4 Å². The van der Waals surface area contributed by atoms with Gasteiger partial charge in [0.25, 0.3) is 0 Å². The van der Waals surface area contributed by atoms with Gasteiger partial charge in [0.15, 0.2) is 5.78 Å². The van der Waals surface area contributed by atoms with Crippen molar-refractivity contribution in [2.45, 2.75) is 19.9 Å². The van der Waals surface area contributed by atoms with Gasteiger partial charge in [-0.1, -0.05) is 12.1 Å². The minimum absolute atomic E-state index is 0.0822. The topological polar surface area (TPSA) is 89.6 Å². The lowest BCUT2D eigenvalue weighted by Crippen LogP contribution is -2.10. The van der Waals surface area contributed by atoms with E-state index < -0.39 is 0 Å². The van der Waals surface area contributed by atoms with Gasteiger partial charge in [-0.05, 0) is 19.1 Å². The number of nitrogens with zero attached hydrogens (tertiary/aromatic N) is 3. The van der Waals surface area contributed by atoms with E-state index in [-0.39, 0.29) is 12.2 Å². The standard InChI is InChI=1S/C14H15N5O/c1-2-19-11-6-4-3-5-10(11)17-13(19)7-12(20)9-8-16-18-14(9)15/h3-6,8H,2,7H2,1H3,(H3,15,16,18). The Balaban J connectivity index is 1.99. The Morgan fingerprint density at radius 3 is 2.90 bits per heavy atom. The molecule has 0 radical (unpaired) electrons. The van der Waals surface area contributed by atoms with E-state index in [1.54, 1.807) is 0 Å². The molecular weight excluding hydrogens is 254 g/mol. The van der Waals surface area contributed by atoms with Crippen LogP contribution in [0.25, 0.3) is 11.0 Å². The van der Waals surface area contributed by atoms with Gasteiger partial charge in [0, 0.05) is 6.54 Å². The van der Waals surface area contributed by atoms with Crippen molar-refractivity contribution in [3.8, 4) is 0 Å². The largest absolute Gasteiger partial charge is 0.383 e. The number of nitrogen functional groups attached to an aromatic ring is 1. The van der Waals surface area contributed by atoms with E-state index in [1.807, 2.05) is 35.8 Å². The SMILES string of the molecule is CCn1c(CC(=O)c2cn[nH]c2N)nc2ccccc21. The lowest BCUT2D eigenvalue weighted by atomic mass is 10.1. The molecule has 0 amide bonds. The van der Waals surface area contributed by atoms with E-state index in [1.165, 1.54) is 6.20 Å². The number of fused-ring (bicyclic) bond motifs is 1. The first-order chi connectivity index (χ1) is 9.70. The molecule has 0 saturated carbocycles. The molecular formula is C14H15N5O. The third-order valence-corrected chi connectivity index (χ3v) is 3.34. The fourth-order valence-electron chi connectivity index (χ4n) is 2.37. The molecule has 0 spiro atoms. The van der Waals surface area contributed by atoms with Crippen LogP contribution in [0.15, 0.2) is 30.5 Å². The summed E-state index contributed by atoms with van der Waals surface area (Å²) < 4.78 is 2.05. The molecule has 3 rings (SSSR count). The van der Waals surface area contributed by atoms with Gasteiger partial charge in [-0.2, -0.15) is 5.10 Å². The van der Waals surface area contributed by atoms with Crippen LogP contribution in [-0.2, 0) is 13.0 Å². The highest BCUT2D eigenvalue weighted by atomic mass is 16.1. The third kappa shape index (κ3) is 1.95. The van der Waals surface area contributed by atoms with Crippen molar-refractivity contribution in [3.63, 3.8) is 0 Å². The number of nitrogens with one attached hydrogen (secondary N) is 1. The number of Topliss-reactive ketones (excluding diaryl/α,β-unsaturated/α-hetero) is 1. The summed E-state index contributed by atoms with van der Waals surface area (Å²) in [5.41, 5.74) is 8.03. The molecule has 3 aromatic rings. The molecule has 102 valence electrons. The molecule has 0 unspecified atom stereocenters. The van der Waals surface area contributed by atoms with Crippen LogP contribution in [0.2, 0.25) is 0 Å². The van der Waals surface area contributed by atoms with E-state index in [9.17, 15) is 4.79 Å². The number of hydrogen-bond donors (Lipinski definition) is 2. The van der Waals surface area contributed by atoms with Crippen molar-refractivity contribution >= 4 is 22.6 Å². The minimum atomic E-state index is -0.0822. The Kier molecular flexibility index (Phi) is 2.98. The number of imidazole rings is 1. The van der Waals surface area contributed by atoms with Gasteiger partial charge < -0.3 is 10.3 Å². The highest BCUT2D eigenvalue weighted by molar-refractivity contribution is 6.01. The first-order valence-corrected chi connectivity index (χ1v) is 6.47. The zero-order valence-corrected chi connectivity index (χ0v) is 11.1. The van der Waals surface area contributed by atoms with Crippen molar-refractivity contribution in [1.29, 1.82) is 0 Å². The van der Waals surface area contributed by atoms with Crippen LogP contribution in [0.1, 0.15) is 23.1 Å². The number of ketones is 1. The summed E-state index contributed by atoms with van der Waals surface area (Å²) in [6.07, 6.45) is 1.67. The maximum atomic E-state index is 12.2. The van der Waals surface area contributed by atoms with E-state index in [0.29, 0.717) is 11.4 Å². The maximum Gasteiger partial charge on any atom is 0.175 e. The number of rotatable bonds is 4. The second-order valence-corrected chi connectivity index (χ2v) is 4.56. The lowest BCUT2D eigenvalue weighted by Gasteiger charge is -2.05. The molecule has 6 heteroatoms. The van der Waals surface area contributed by atoms with Crippen LogP contribution in [0, 0.1) is 0 Å². The first-order valence-electron chi connectivity index (χ1n) is 6.47. The monoisotopic (exact) mass is 269 g/mol. The molecule has 2 heterocycles. The van der Waals surface area contributed by atoms with Gasteiger partial charge in [0.05, 0.1) is 29.2 Å². The van der Waals surface area contributed by atoms with E-state index in [2.05, 4.69) is 15.2 Å². The van der Waals surface area contributed by atoms with Crippen LogP contribution in [0.4, 0.5) is 5.82 Å². The molecule has 0 aliphatic heterocycles.